The summed E-state index contributed by atoms with van der Waals surface area (Å²) in [6, 6.07) is 3.58. The maximum Gasteiger partial charge on any atom is 0.250 e. The molecule has 0 spiro atoms. The summed E-state index contributed by atoms with van der Waals surface area (Å²) < 4.78 is 27.4. The lowest BCUT2D eigenvalue weighted by atomic mass is 10.1. The van der Waals surface area contributed by atoms with Crippen LogP contribution in [-0.4, -0.2) is 21.5 Å². The van der Waals surface area contributed by atoms with Crippen molar-refractivity contribution >= 4 is 21.4 Å². The molecule has 0 amide bonds. The number of thiophene rings is 1. The summed E-state index contributed by atoms with van der Waals surface area (Å²) in [6.07, 6.45) is 2.49. The quantitative estimate of drug-likeness (QED) is 0.774. The second-order valence-corrected chi connectivity index (χ2v) is 8.33. The van der Waals surface area contributed by atoms with Crippen LogP contribution in [0.25, 0.3) is 0 Å². The molecule has 4 nitrogen and oxygen atoms in total. The lowest BCUT2D eigenvalue weighted by Crippen LogP contribution is -2.28. The highest BCUT2D eigenvalue weighted by Gasteiger charge is 2.29. The van der Waals surface area contributed by atoms with Gasteiger partial charge >= 0.3 is 0 Å². The van der Waals surface area contributed by atoms with E-state index < -0.39 is 10.0 Å². The van der Waals surface area contributed by atoms with Crippen molar-refractivity contribution in [3.63, 3.8) is 0 Å². The molecule has 0 aliphatic heterocycles. The van der Waals surface area contributed by atoms with E-state index in [1.54, 1.807) is 6.07 Å². The molecule has 0 bridgehead atoms. The van der Waals surface area contributed by atoms with Gasteiger partial charge in [-0.2, -0.15) is 0 Å². The Balaban J connectivity index is 1.92. The highest BCUT2D eigenvalue weighted by molar-refractivity contribution is 7.91. The molecule has 2 N–H and O–H groups in total. The van der Waals surface area contributed by atoms with Gasteiger partial charge in [0, 0.05) is 18.0 Å². The molecular weight excluding hydrogens is 280 g/mol. The zero-order valence-corrected chi connectivity index (χ0v) is 13.1. The Kier molecular flexibility index (Phi) is 5.00. The standard InChI is InChI=1S/C13H22N2O2S2/c1-3-14-9-12-6-7-13(18-12)19(16,17)15-8-10(2)11-4-5-11/h6-7,10-11,14-15H,3-5,8-9H2,1-2H3. The van der Waals surface area contributed by atoms with Crippen LogP contribution in [-0.2, 0) is 16.6 Å². The molecular formula is C13H22N2O2S2. The van der Waals surface area contributed by atoms with Crippen LogP contribution in [0.1, 0.15) is 31.6 Å². The first-order chi connectivity index (χ1) is 9.03. The van der Waals surface area contributed by atoms with Gasteiger partial charge in [0.05, 0.1) is 0 Å². The summed E-state index contributed by atoms with van der Waals surface area (Å²) in [5.74, 6) is 1.16. The van der Waals surface area contributed by atoms with E-state index in [2.05, 4.69) is 17.0 Å². The van der Waals surface area contributed by atoms with Crippen molar-refractivity contribution in [1.29, 1.82) is 0 Å². The number of hydrogen-bond donors (Lipinski definition) is 2. The van der Waals surface area contributed by atoms with Crippen molar-refractivity contribution in [3.8, 4) is 0 Å². The molecule has 2 rings (SSSR count). The van der Waals surface area contributed by atoms with Crippen LogP contribution in [0.4, 0.5) is 0 Å². The van der Waals surface area contributed by atoms with Crippen molar-refractivity contribution in [2.75, 3.05) is 13.1 Å². The van der Waals surface area contributed by atoms with Crippen molar-refractivity contribution < 1.29 is 8.42 Å². The van der Waals surface area contributed by atoms with Gasteiger partial charge in [0.25, 0.3) is 0 Å². The van der Waals surface area contributed by atoms with E-state index in [1.165, 1.54) is 24.2 Å². The third-order valence-electron chi connectivity index (χ3n) is 3.47. The van der Waals surface area contributed by atoms with Crippen molar-refractivity contribution in [2.24, 2.45) is 11.8 Å². The van der Waals surface area contributed by atoms with Crippen molar-refractivity contribution in [1.82, 2.24) is 10.0 Å². The van der Waals surface area contributed by atoms with Gasteiger partial charge < -0.3 is 5.32 Å². The van der Waals surface area contributed by atoms with Crippen LogP contribution >= 0.6 is 11.3 Å². The van der Waals surface area contributed by atoms with Crippen molar-refractivity contribution in [2.45, 2.75) is 37.4 Å². The zero-order valence-electron chi connectivity index (χ0n) is 11.5. The average Bonchev–Trinajstić information content (AvgIpc) is 3.12. The minimum absolute atomic E-state index is 0.420. The highest BCUT2D eigenvalue weighted by Crippen LogP contribution is 2.36. The minimum atomic E-state index is -3.32. The van der Waals surface area contributed by atoms with Crippen LogP contribution in [0.3, 0.4) is 0 Å². The molecule has 108 valence electrons. The Hall–Kier alpha value is -0.430. The maximum atomic E-state index is 12.1. The van der Waals surface area contributed by atoms with Crippen LogP contribution in [0.5, 0.6) is 0 Å². The fourth-order valence-corrected chi connectivity index (χ4v) is 4.50. The predicted molar refractivity (Wildman–Crippen MR) is 78.8 cm³/mol. The van der Waals surface area contributed by atoms with Gasteiger partial charge in [-0.25, -0.2) is 13.1 Å². The molecule has 1 aliphatic carbocycles. The first-order valence-corrected chi connectivity index (χ1v) is 9.12. The Morgan fingerprint density at radius 3 is 2.79 bits per heavy atom. The molecule has 1 heterocycles. The molecule has 19 heavy (non-hydrogen) atoms. The van der Waals surface area contributed by atoms with Crippen LogP contribution in [0.2, 0.25) is 0 Å². The molecule has 1 atom stereocenters. The minimum Gasteiger partial charge on any atom is -0.312 e. The summed E-state index contributed by atoms with van der Waals surface area (Å²) in [5, 5.41) is 3.20. The second kappa shape index (κ2) is 6.35. The molecule has 1 aliphatic rings. The maximum absolute atomic E-state index is 12.1. The SMILES string of the molecule is CCNCc1ccc(S(=O)(=O)NCC(C)C2CC2)s1. The average molecular weight is 302 g/mol. The van der Waals surface area contributed by atoms with E-state index in [1.807, 2.05) is 13.0 Å². The highest BCUT2D eigenvalue weighted by atomic mass is 32.2. The Morgan fingerprint density at radius 1 is 1.42 bits per heavy atom. The molecule has 0 aromatic carbocycles. The first-order valence-electron chi connectivity index (χ1n) is 6.82. The fourth-order valence-electron chi connectivity index (χ4n) is 1.99. The third kappa shape index (κ3) is 4.27. The van der Waals surface area contributed by atoms with Crippen LogP contribution in [0, 0.1) is 11.8 Å². The van der Waals surface area contributed by atoms with Gasteiger partial charge in [-0.05, 0) is 43.4 Å². The van der Waals surface area contributed by atoms with Gasteiger partial charge in [-0.1, -0.05) is 13.8 Å². The topological polar surface area (TPSA) is 58.2 Å². The zero-order chi connectivity index (χ0) is 13.9. The van der Waals surface area contributed by atoms with Crippen LogP contribution < -0.4 is 10.0 Å². The molecule has 1 unspecified atom stereocenters. The van der Waals surface area contributed by atoms with Gasteiger partial charge in [0.15, 0.2) is 0 Å². The number of rotatable bonds is 8. The molecule has 1 aromatic rings. The Morgan fingerprint density at radius 2 is 2.16 bits per heavy atom. The molecule has 1 aromatic heterocycles. The Bertz CT molecular complexity index is 506. The number of nitrogens with one attached hydrogen (secondary N) is 2. The summed E-state index contributed by atoms with van der Waals surface area (Å²) >= 11 is 1.34. The summed E-state index contributed by atoms with van der Waals surface area (Å²) in [5.41, 5.74) is 0. The molecule has 6 heteroatoms. The summed E-state index contributed by atoms with van der Waals surface area (Å²) in [7, 11) is -3.32. The number of sulfonamides is 1. The lowest BCUT2D eigenvalue weighted by Gasteiger charge is -2.10. The summed E-state index contributed by atoms with van der Waals surface area (Å²) in [6.45, 7) is 6.32. The summed E-state index contributed by atoms with van der Waals surface area (Å²) in [4.78, 5) is 1.05. The van der Waals surface area contributed by atoms with Crippen LogP contribution in [0.15, 0.2) is 16.3 Å². The van der Waals surface area contributed by atoms with Gasteiger partial charge in [0.2, 0.25) is 10.0 Å². The van der Waals surface area contributed by atoms with E-state index in [-0.39, 0.29) is 0 Å². The first kappa shape index (κ1) is 15.0. The number of hydrogen-bond acceptors (Lipinski definition) is 4. The molecule has 0 saturated heterocycles. The molecule has 1 fully saturated rings. The van der Waals surface area contributed by atoms with Gasteiger partial charge in [-0.15, -0.1) is 11.3 Å². The lowest BCUT2D eigenvalue weighted by molar-refractivity contribution is 0.492. The van der Waals surface area contributed by atoms with Gasteiger partial charge in [0.1, 0.15) is 4.21 Å². The predicted octanol–water partition coefficient (Wildman–Crippen LogP) is 2.18. The van der Waals surface area contributed by atoms with E-state index in [4.69, 9.17) is 0 Å². The van der Waals surface area contributed by atoms with E-state index >= 15 is 0 Å². The monoisotopic (exact) mass is 302 g/mol. The van der Waals surface area contributed by atoms with E-state index in [0.29, 0.717) is 16.7 Å². The second-order valence-electron chi connectivity index (χ2n) is 5.17. The van der Waals surface area contributed by atoms with Crippen molar-refractivity contribution in [3.05, 3.63) is 17.0 Å². The van der Waals surface area contributed by atoms with Gasteiger partial charge in [-0.3, -0.25) is 0 Å². The smallest absolute Gasteiger partial charge is 0.250 e. The van der Waals surface area contributed by atoms with E-state index in [9.17, 15) is 8.42 Å². The fraction of sp³-hybridized carbons (Fsp3) is 0.692. The molecule has 1 saturated carbocycles. The Labute approximate surface area is 119 Å². The van der Waals surface area contributed by atoms with E-state index in [0.717, 1.165) is 23.9 Å². The third-order valence-corrected chi connectivity index (χ3v) is 6.47. The molecule has 0 radical (unpaired) electrons. The largest absolute Gasteiger partial charge is 0.312 e. The normalized spacial score (nSPS) is 17.6.